The van der Waals surface area contributed by atoms with Crippen molar-refractivity contribution < 1.29 is 0 Å². The van der Waals surface area contributed by atoms with Crippen LogP contribution in [0.3, 0.4) is 0 Å². The highest BCUT2D eigenvalue weighted by Crippen LogP contribution is 2.38. The van der Waals surface area contributed by atoms with Crippen molar-refractivity contribution in [2.45, 2.75) is 30.6 Å². The summed E-state index contributed by atoms with van der Waals surface area (Å²) in [6, 6.07) is 4.78. The predicted octanol–water partition coefficient (Wildman–Crippen LogP) is 2.11. The third-order valence-corrected chi connectivity index (χ3v) is 7.11. The minimum absolute atomic E-state index is 1.01. The number of terminal acetylenes is 2. The Kier molecular flexibility index (Phi) is 2.19. The summed E-state index contributed by atoms with van der Waals surface area (Å²) in [5.74, 6) is 5.52. The summed E-state index contributed by atoms with van der Waals surface area (Å²) < 4.78 is 0. The van der Waals surface area contributed by atoms with Gasteiger partial charge in [0.1, 0.15) is 0 Å². The summed E-state index contributed by atoms with van der Waals surface area (Å²) in [5, 5.41) is 0. The van der Waals surface area contributed by atoms with E-state index in [1.165, 1.54) is 18.5 Å². The Labute approximate surface area is 64.0 Å². The van der Waals surface area contributed by atoms with E-state index in [4.69, 9.17) is 12.8 Å². The van der Waals surface area contributed by atoms with Gasteiger partial charge >= 0.3 is 0 Å². The zero-order chi connectivity index (χ0) is 7.45. The van der Waals surface area contributed by atoms with Gasteiger partial charge in [0.2, 0.25) is 0 Å². The molecule has 0 radical (unpaired) electrons. The minimum Gasteiger partial charge on any atom is -0.120 e. The Morgan fingerprint density at radius 3 is 1.80 bits per heavy atom. The zero-order valence-electron chi connectivity index (χ0n) is 6.19. The molecule has 0 bridgehead atoms. The average molecular weight is 148 g/mol. The highest BCUT2D eigenvalue weighted by atomic mass is 28.3. The van der Waals surface area contributed by atoms with E-state index in [9.17, 15) is 0 Å². The first-order valence-electron chi connectivity index (χ1n) is 3.70. The maximum Gasteiger partial charge on any atom is 0.0789 e. The molecule has 0 nitrogen and oxygen atoms in total. The molecule has 0 atom stereocenters. The van der Waals surface area contributed by atoms with Gasteiger partial charge in [-0.2, -0.15) is 0 Å². The van der Waals surface area contributed by atoms with E-state index in [1.54, 1.807) is 0 Å². The lowest BCUT2D eigenvalue weighted by molar-refractivity contribution is 0.886. The van der Waals surface area contributed by atoms with Gasteiger partial charge in [0.25, 0.3) is 0 Å². The van der Waals surface area contributed by atoms with Crippen molar-refractivity contribution in [3.05, 3.63) is 0 Å². The first-order chi connectivity index (χ1) is 4.83. The van der Waals surface area contributed by atoms with Crippen LogP contribution in [0.5, 0.6) is 0 Å². The molecule has 1 rings (SSSR count). The highest BCUT2D eigenvalue weighted by molar-refractivity contribution is 6.83. The van der Waals surface area contributed by atoms with Gasteiger partial charge in [-0.1, -0.05) is 18.5 Å². The number of hydrogen-bond donors (Lipinski definition) is 0. The SMILES string of the molecule is C#CC[Si]1(CC#C)CCC1. The lowest BCUT2D eigenvalue weighted by Gasteiger charge is -2.36. The van der Waals surface area contributed by atoms with Gasteiger partial charge in [0.05, 0.1) is 8.07 Å². The second kappa shape index (κ2) is 2.95. The third kappa shape index (κ3) is 1.25. The fraction of sp³-hybridized carbons (Fsp3) is 0.556. The van der Waals surface area contributed by atoms with Crippen molar-refractivity contribution in [1.29, 1.82) is 0 Å². The molecular formula is C9H12Si. The molecule has 0 saturated carbocycles. The molecule has 1 saturated heterocycles. The number of hydrogen-bond acceptors (Lipinski definition) is 0. The molecule has 0 N–H and O–H groups in total. The van der Waals surface area contributed by atoms with E-state index in [-0.39, 0.29) is 0 Å². The van der Waals surface area contributed by atoms with Crippen molar-refractivity contribution >= 4 is 8.07 Å². The molecule has 10 heavy (non-hydrogen) atoms. The van der Waals surface area contributed by atoms with Crippen LogP contribution in [0.25, 0.3) is 0 Å². The first-order valence-corrected chi connectivity index (χ1v) is 6.53. The standard InChI is InChI=1S/C9H12Si/c1-3-6-10(7-4-2)8-5-9-10/h1-2H,5-9H2. The van der Waals surface area contributed by atoms with Crippen LogP contribution in [0.15, 0.2) is 0 Å². The molecule has 1 fully saturated rings. The second-order valence-electron chi connectivity index (χ2n) is 3.12. The fourth-order valence-electron chi connectivity index (χ4n) is 1.53. The molecule has 1 heterocycles. The third-order valence-electron chi connectivity index (χ3n) is 2.37. The summed E-state index contributed by atoms with van der Waals surface area (Å²) in [6.45, 7) is 0. The van der Waals surface area contributed by atoms with Crippen LogP contribution < -0.4 is 0 Å². The van der Waals surface area contributed by atoms with E-state index in [0.717, 1.165) is 12.1 Å². The monoisotopic (exact) mass is 148 g/mol. The lowest BCUT2D eigenvalue weighted by atomic mass is 10.5. The fourth-order valence-corrected chi connectivity index (χ4v) is 4.58. The van der Waals surface area contributed by atoms with Crippen molar-refractivity contribution in [3.8, 4) is 24.7 Å². The maximum absolute atomic E-state index is 5.27. The zero-order valence-corrected chi connectivity index (χ0v) is 7.19. The molecule has 0 amide bonds. The Morgan fingerprint density at radius 2 is 1.60 bits per heavy atom. The molecule has 0 aliphatic carbocycles. The second-order valence-corrected chi connectivity index (χ2v) is 7.82. The molecular weight excluding hydrogens is 136 g/mol. The number of rotatable bonds is 2. The summed E-state index contributed by atoms with van der Waals surface area (Å²) in [5.41, 5.74) is 0. The largest absolute Gasteiger partial charge is 0.120 e. The smallest absolute Gasteiger partial charge is 0.0789 e. The van der Waals surface area contributed by atoms with E-state index in [2.05, 4.69) is 11.8 Å². The molecule has 0 aromatic carbocycles. The van der Waals surface area contributed by atoms with Crippen LogP contribution in [0, 0.1) is 24.7 Å². The van der Waals surface area contributed by atoms with Crippen molar-refractivity contribution in [2.75, 3.05) is 0 Å². The van der Waals surface area contributed by atoms with Gasteiger partial charge in [-0.25, -0.2) is 0 Å². The molecule has 1 aliphatic rings. The van der Waals surface area contributed by atoms with E-state index < -0.39 is 8.07 Å². The molecule has 0 spiro atoms. The Hall–Kier alpha value is -0.663. The molecule has 0 aromatic rings. The molecule has 0 aromatic heterocycles. The topological polar surface area (TPSA) is 0 Å². The molecule has 52 valence electrons. The average Bonchev–Trinajstić information content (AvgIpc) is 1.84. The Morgan fingerprint density at radius 1 is 1.10 bits per heavy atom. The quantitative estimate of drug-likeness (QED) is 0.415. The molecule has 0 unspecified atom stereocenters. The first kappa shape index (κ1) is 7.44. The summed E-state index contributed by atoms with van der Waals surface area (Å²) in [4.78, 5) is 0. The maximum atomic E-state index is 5.27. The van der Waals surface area contributed by atoms with Gasteiger partial charge in [0.15, 0.2) is 0 Å². The van der Waals surface area contributed by atoms with Crippen molar-refractivity contribution in [2.24, 2.45) is 0 Å². The van der Waals surface area contributed by atoms with Crippen LogP contribution in [0.4, 0.5) is 0 Å². The van der Waals surface area contributed by atoms with Crippen LogP contribution in [-0.2, 0) is 0 Å². The van der Waals surface area contributed by atoms with Crippen LogP contribution in [0.1, 0.15) is 6.42 Å². The minimum atomic E-state index is -1.02. The van der Waals surface area contributed by atoms with Crippen LogP contribution in [0.2, 0.25) is 24.2 Å². The van der Waals surface area contributed by atoms with Gasteiger partial charge in [-0.3, -0.25) is 0 Å². The lowest BCUT2D eigenvalue weighted by Crippen LogP contribution is -2.40. The molecule has 1 heteroatoms. The van der Waals surface area contributed by atoms with Crippen LogP contribution >= 0.6 is 0 Å². The molecule has 1 aliphatic heterocycles. The summed E-state index contributed by atoms with van der Waals surface area (Å²) in [7, 11) is -1.02. The van der Waals surface area contributed by atoms with Gasteiger partial charge in [-0.05, 0) is 0 Å². The normalized spacial score (nSPS) is 20.2. The summed E-state index contributed by atoms with van der Waals surface area (Å²) >= 11 is 0. The van der Waals surface area contributed by atoms with Crippen molar-refractivity contribution in [1.82, 2.24) is 0 Å². The van der Waals surface area contributed by atoms with Gasteiger partial charge < -0.3 is 0 Å². The van der Waals surface area contributed by atoms with E-state index in [0.29, 0.717) is 0 Å². The van der Waals surface area contributed by atoms with E-state index >= 15 is 0 Å². The van der Waals surface area contributed by atoms with Crippen LogP contribution in [-0.4, -0.2) is 8.07 Å². The van der Waals surface area contributed by atoms with Gasteiger partial charge in [0, 0.05) is 12.1 Å². The predicted molar refractivity (Wildman–Crippen MR) is 47.3 cm³/mol. The van der Waals surface area contributed by atoms with Gasteiger partial charge in [-0.15, -0.1) is 24.7 Å². The highest BCUT2D eigenvalue weighted by Gasteiger charge is 2.37. The van der Waals surface area contributed by atoms with Crippen molar-refractivity contribution in [3.63, 3.8) is 0 Å². The summed E-state index contributed by atoms with van der Waals surface area (Å²) in [6.07, 6.45) is 11.9. The Balaban J connectivity index is 2.46. The Bertz CT molecular complexity index is 170. The van der Waals surface area contributed by atoms with E-state index in [1.807, 2.05) is 0 Å².